The van der Waals surface area contributed by atoms with Crippen LogP contribution in [0.15, 0.2) is 48.5 Å². The van der Waals surface area contributed by atoms with E-state index in [2.05, 4.69) is 5.32 Å². The van der Waals surface area contributed by atoms with Crippen molar-refractivity contribution in [3.63, 3.8) is 0 Å². The van der Waals surface area contributed by atoms with Crippen molar-refractivity contribution in [2.24, 2.45) is 5.41 Å². The normalized spacial score (nSPS) is 22.7. The van der Waals surface area contributed by atoms with Gasteiger partial charge in [-0.1, -0.05) is 36.4 Å². The third kappa shape index (κ3) is 6.32. The van der Waals surface area contributed by atoms with Crippen molar-refractivity contribution in [2.45, 2.75) is 44.8 Å². The van der Waals surface area contributed by atoms with Crippen LogP contribution in [0.1, 0.15) is 30.4 Å². The average molecular weight is 483 g/mol. The van der Waals surface area contributed by atoms with Gasteiger partial charge in [0.2, 0.25) is 0 Å². The Morgan fingerprint density at radius 1 is 1.11 bits per heavy atom. The fraction of sp³-hybridized carbons (Fsp3) is 0.481. The minimum absolute atomic E-state index is 0.0350. The molecule has 2 aromatic carbocycles. The number of aliphatic hydroxyl groups excluding tert-OH is 2. The van der Waals surface area contributed by atoms with Gasteiger partial charge in [-0.2, -0.15) is 0 Å². The van der Waals surface area contributed by atoms with E-state index in [1.54, 1.807) is 11.0 Å². The highest BCUT2D eigenvalue weighted by Gasteiger charge is 2.39. The first kappa shape index (κ1) is 25.0. The quantitative estimate of drug-likeness (QED) is 0.616. The standard InChI is InChI=1S/C27H34N2O6/c1-19-6-2-4-8-23(19)35-17-26(33)29-12-10-27(11-13-29)15-22(31)21(30)14-20-7-3-5-9-24(20)34-16-25(32)28-18-27/h2-9,21-22,30-31H,10-18H2,1H3,(H,28,32)/t21-,22+/m0/s1. The number of aliphatic hydroxyl groups is 2. The van der Waals surface area contributed by atoms with Crippen LogP contribution in [0.5, 0.6) is 11.5 Å². The van der Waals surface area contributed by atoms with E-state index in [0.717, 1.165) is 11.1 Å². The van der Waals surface area contributed by atoms with Crippen molar-refractivity contribution in [1.82, 2.24) is 10.2 Å². The summed E-state index contributed by atoms with van der Waals surface area (Å²) in [7, 11) is 0. The van der Waals surface area contributed by atoms with Crippen molar-refractivity contribution in [3.8, 4) is 11.5 Å². The molecule has 0 aliphatic carbocycles. The van der Waals surface area contributed by atoms with E-state index in [-0.39, 0.29) is 31.4 Å². The first-order chi connectivity index (χ1) is 16.8. The Kier molecular flexibility index (Phi) is 7.93. The fourth-order valence-electron chi connectivity index (χ4n) is 4.87. The van der Waals surface area contributed by atoms with Crippen LogP contribution in [0, 0.1) is 12.3 Å². The highest BCUT2D eigenvalue weighted by Crippen LogP contribution is 2.37. The summed E-state index contributed by atoms with van der Waals surface area (Å²) in [5, 5.41) is 24.6. The second-order valence-corrected chi connectivity index (χ2v) is 9.65. The van der Waals surface area contributed by atoms with E-state index < -0.39 is 17.6 Å². The van der Waals surface area contributed by atoms with Crippen LogP contribution in [0.25, 0.3) is 0 Å². The Balaban J connectivity index is 1.40. The van der Waals surface area contributed by atoms with E-state index in [1.165, 1.54) is 0 Å². The number of piperidine rings is 1. The van der Waals surface area contributed by atoms with Crippen LogP contribution in [0.2, 0.25) is 0 Å². The van der Waals surface area contributed by atoms with Crippen LogP contribution in [0.3, 0.4) is 0 Å². The third-order valence-corrected chi connectivity index (χ3v) is 7.13. The maximum atomic E-state index is 12.8. The molecule has 0 saturated carbocycles. The van der Waals surface area contributed by atoms with E-state index >= 15 is 0 Å². The summed E-state index contributed by atoms with van der Waals surface area (Å²) >= 11 is 0. The Labute approximate surface area is 205 Å². The highest BCUT2D eigenvalue weighted by atomic mass is 16.5. The number of likely N-dealkylation sites (tertiary alicyclic amines) is 1. The third-order valence-electron chi connectivity index (χ3n) is 7.13. The van der Waals surface area contributed by atoms with E-state index in [4.69, 9.17) is 9.47 Å². The Bertz CT molecular complexity index is 1030. The predicted octanol–water partition coefficient (Wildman–Crippen LogP) is 1.85. The molecule has 2 aromatic rings. The van der Waals surface area contributed by atoms with Gasteiger partial charge in [-0.3, -0.25) is 9.59 Å². The number of para-hydroxylation sites is 2. The molecule has 2 heterocycles. The number of hydrogen-bond acceptors (Lipinski definition) is 6. The maximum absolute atomic E-state index is 12.8. The number of carbonyl (C=O) groups is 2. The molecule has 1 spiro atoms. The molecule has 2 aliphatic rings. The van der Waals surface area contributed by atoms with Crippen LogP contribution in [-0.4, -0.2) is 72.0 Å². The molecule has 1 fully saturated rings. The van der Waals surface area contributed by atoms with Crippen molar-refractivity contribution in [1.29, 1.82) is 0 Å². The Morgan fingerprint density at radius 3 is 2.60 bits per heavy atom. The smallest absolute Gasteiger partial charge is 0.260 e. The molecule has 8 nitrogen and oxygen atoms in total. The summed E-state index contributed by atoms with van der Waals surface area (Å²) in [6, 6.07) is 14.8. The topological polar surface area (TPSA) is 108 Å². The first-order valence-electron chi connectivity index (χ1n) is 12.1. The monoisotopic (exact) mass is 482 g/mol. The van der Waals surface area contributed by atoms with Gasteiger partial charge in [0.15, 0.2) is 13.2 Å². The molecule has 35 heavy (non-hydrogen) atoms. The van der Waals surface area contributed by atoms with Gasteiger partial charge in [0.05, 0.1) is 12.2 Å². The number of carbonyl (C=O) groups excluding carboxylic acids is 2. The number of hydrogen-bond donors (Lipinski definition) is 3. The van der Waals surface area contributed by atoms with Gasteiger partial charge in [-0.25, -0.2) is 0 Å². The molecule has 188 valence electrons. The minimum atomic E-state index is -0.967. The van der Waals surface area contributed by atoms with Gasteiger partial charge in [0, 0.05) is 26.1 Å². The van der Waals surface area contributed by atoms with Crippen LogP contribution >= 0.6 is 0 Å². The number of amides is 2. The van der Waals surface area contributed by atoms with Crippen molar-refractivity contribution in [3.05, 3.63) is 59.7 Å². The zero-order valence-corrected chi connectivity index (χ0v) is 20.1. The predicted molar refractivity (Wildman–Crippen MR) is 130 cm³/mol. The summed E-state index contributed by atoms with van der Waals surface area (Å²) in [4.78, 5) is 27.0. The number of fused-ring (bicyclic) bond motifs is 1. The van der Waals surface area contributed by atoms with Crippen molar-refractivity contribution >= 4 is 11.8 Å². The molecule has 1 saturated heterocycles. The average Bonchev–Trinajstić information content (AvgIpc) is 2.86. The second-order valence-electron chi connectivity index (χ2n) is 9.65. The summed E-state index contributed by atoms with van der Waals surface area (Å²) in [5.41, 5.74) is 1.29. The second kappa shape index (κ2) is 11.1. The number of rotatable bonds is 3. The number of nitrogens with zero attached hydrogens (tertiary/aromatic N) is 1. The lowest BCUT2D eigenvalue weighted by molar-refractivity contribution is -0.137. The molecule has 3 N–H and O–H groups in total. The lowest BCUT2D eigenvalue weighted by Crippen LogP contribution is -2.51. The molecular weight excluding hydrogens is 448 g/mol. The number of benzene rings is 2. The van der Waals surface area contributed by atoms with Crippen molar-refractivity contribution in [2.75, 3.05) is 32.8 Å². The first-order valence-corrected chi connectivity index (χ1v) is 12.1. The van der Waals surface area contributed by atoms with Crippen molar-refractivity contribution < 1.29 is 29.3 Å². The number of ether oxygens (including phenoxy) is 2. The molecule has 0 unspecified atom stereocenters. The Morgan fingerprint density at radius 2 is 1.83 bits per heavy atom. The molecular formula is C27H34N2O6. The zero-order chi connectivity index (χ0) is 24.8. The van der Waals surface area contributed by atoms with Gasteiger partial charge < -0.3 is 29.9 Å². The van der Waals surface area contributed by atoms with Crippen LogP contribution < -0.4 is 14.8 Å². The van der Waals surface area contributed by atoms with Crippen LogP contribution in [-0.2, 0) is 16.0 Å². The molecule has 2 aliphatic heterocycles. The zero-order valence-electron chi connectivity index (χ0n) is 20.1. The lowest BCUT2D eigenvalue weighted by Gasteiger charge is -2.43. The lowest BCUT2D eigenvalue weighted by atomic mass is 9.73. The van der Waals surface area contributed by atoms with Gasteiger partial charge in [0.1, 0.15) is 11.5 Å². The summed E-state index contributed by atoms with van der Waals surface area (Å²) in [5.74, 6) is 0.895. The fourth-order valence-corrected chi connectivity index (χ4v) is 4.87. The highest BCUT2D eigenvalue weighted by molar-refractivity contribution is 5.78. The van der Waals surface area contributed by atoms with Gasteiger partial charge >= 0.3 is 0 Å². The van der Waals surface area contributed by atoms with Gasteiger partial charge in [-0.15, -0.1) is 0 Å². The van der Waals surface area contributed by atoms with E-state index in [0.29, 0.717) is 50.4 Å². The van der Waals surface area contributed by atoms with E-state index in [1.807, 2.05) is 49.4 Å². The summed E-state index contributed by atoms with van der Waals surface area (Å²) < 4.78 is 11.4. The van der Waals surface area contributed by atoms with Gasteiger partial charge in [0.25, 0.3) is 11.8 Å². The molecule has 2 atom stereocenters. The van der Waals surface area contributed by atoms with Crippen LogP contribution in [0.4, 0.5) is 0 Å². The van der Waals surface area contributed by atoms with Gasteiger partial charge in [-0.05, 0) is 54.9 Å². The van der Waals surface area contributed by atoms with E-state index in [9.17, 15) is 19.8 Å². The SMILES string of the molecule is Cc1ccccc1OCC(=O)N1CCC2(CC1)CNC(=O)COc1ccccc1C[C@H](O)[C@H](O)C2. The molecule has 0 bridgehead atoms. The number of aryl methyl sites for hydroxylation is 1. The largest absolute Gasteiger partial charge is 0.484 e. The molecule has 0 radical (unpaired) electrons. The Hall–Kier alpha value is -3.10. The molecule has 0 aromatic heterocycles. The number of nitrogens with one attached hydrogen (secondary N) is 1. The molecule has 2 amide bonds. The minimum Gasteiger partial charge on any atom is -0.484 e. The summed E-state index contributed by atoms with van der Waals surface area (Å²) in [6.07, 6.45) is -0.162. The summed E-state index contributed by atoms with van der Waals surface area (Å²) in [6.45, 7) is 3.12. The molecule has 8 heteroatoms. The maximum Gasteiger partial charge on any atom is 0.260 e. The molecule has 4 rings (SSSR count).